The van der Waals surface area contributed by atoms with E-state index >= 15 is 0 Å². The molecule has 15 heteroatoms. The van der Waals surface area contributed by atoms with Gasteiger partial charge in [0.25, 0.3) is 0 Å². The minimum absolute atomic E-state index is 0.670. The normalized spacial score (nSPS) is 24.4. The summed E-state index contributed by atoms with van der Waals surface area (Å²) in [6.45, 7) is 5.37. The van der Waals surface area contributed by atoms with Crippen molar-refractivity contribution in [3.63, 3.8) is 0 Å². The molecule has 0 saturated carbocycles. The minimum atomic E-state index is -2.58. The molecule has 0 aromatic rings. The summed E-state index contributed by atoms with van der Waals surface area (Å²) in [7, 11) is 0.955. The van der Waals surface area contributed by atoms with Gasteiger partial charge in [0.05, 0.1) is 13.5 Å². The lowest BCUT2D eigenvalue weighted by atomic mass is 9.89. The topological polar surface area (TPSA) is 193 Å². The molecule has 1 fully saturated rings. The summed E-state index contributed by atoms with van der Waals surface area (Å²) < 4.78 is 41.6. The van der Waals surface area contributed by atoms with E-state index in [0.717, 1.165) is 48.7 Å². The van der Waals surface area contributed by atoms with Crippen molar-refractivity contribution in [3.05, 3.63) is 0 Å². The summed E-state index contributed by atoms with van der Waals surface area (Å²) >= 11 is 0. The molecular formula is C22H30O15. The maximum atomic E-state index is 12.8. The Morgan fingerprint density at radius 3 is 1.78 bits per heavy atom. The van der Waals surface area contributed by atoms with Crippen molar-refractivity contribution in [2.24, 2.45) is 0 Å². The van der Waals surface area contributed by atoms with E-state index in [4.69, 9.17) is 37.9 Å². The third-order valence-corrected chi connectivity index (χ3v) is 4.67. The Bertz CT molecular complexity index is 912. The summed E-state index contributed by atoms with van der Waals surface area (Å²) in [5.41, 5.74) is 0. The number of hydrogen-bond acceptors (Lipinski definition) is 15. The molecule has 1 aliphatic heterocycles. The lowest BCUT2D eigenvalue weighted by molar-refractivity contribution is -0.321. The van der Waals surface area contributed by atoms with Crippen LogP contribution in [0.3, 0.4) is 0 Å². The molecule has 0 bridgehead atoms. The van der Waals surface area contributed by atoms with E-state index in [9.17, 15) is 33.6 Å². The van der Waals surface area contributed by atoms with Crippen LogP contribution in [0.25, 0.3) is 0 Å². The van der Waals surface area contributed by atoms with Crippen LogP contribution in [0.1, 0.15) is 48.0 Å². The van der Waals surface area contributed by atoms with Crippen molar-refractivity contribution >= 4 is 41.8 Å². The van der Waals surface area contributed by atoms with E-state index in [1.54, 1.807) is 0 Å². The van der Waals surface area contributed by atoms with Crippen molar-refractivity contribution in [1.29, 1.82) is 0 Å². The molecule has 0 spiro atoms. The zero-order chi connectivity index (χ0) is 28.5. The Labute approximate surface area is 211 Å². The van der Waals surface area contributed by atoms with Gasteiger partial charge in [-0.2, -0.15) is 0 Å². The molecule has 208 valence electrons. The predicted octanol–water partition coefficient (Wildman–Crippen LogP) is -0.502. The number of esters is 7. The van der Waals surface area contributed by atoms with E-state index < -0.39 is 91.1 Å². The zero-order valence-electron chi connectivity index (χ0n) is 21.4. The smallest absolute Gasteiger partial charge is 0.379 e. The quantitative estimate of drug-likeness (QED) is 0.257. The summed E-state index contributed by atoms with van der Waals surface area (Å²) in [6, 6.07) is 0. The molecule has 0 radical (unpaired) electrons. The number of ether oxygens (including phenoxy) is 8. The van der Waals surface area contributed by atoms with Crippen LogP contribution >= 0.6 is 0 Å². The Morgan fingerprint density at radius 2 is 1.35 bits per heavy atom. The van der Waals surface area contributed by atoms with Gasteiger partial charge in [-0.25, -0.2) is 4.79 Å². The second kappa shape index (κ2) is 13.5. The molecule has 0 aliphatic carbocycles. The van der Waals surface area contributed by atoms with Gasteiger partial charge in [0.15, 0.2) is 18.3 Å². The molecule has 1 heterocycles. The molecule has 37 heavy (non-hydrogen) atoms. The minimum Gasteiger partial charge on any atom is -0.464 e. The molecular weight excluding hydrogens is 504 g/mol. The molecule has 0 amide bonds. The summed E-state index contributed by atoms with van der Waals surface area (Å²) in [4.78, 5) is 83.9. The van der Waals surface area contributed by atoms with Crippen LogP contribution in [-0.4, -0.2) is 91.8 Å². The lowest BCUT2D eigenvalue weighted by Gasteiger charge is -2.47. The number of hydrogen-bond donors (Lipinski definition) is 0. The van der Waals surface area contributed by atoms with Gasteiger partial charge in [-0.3, -0.25) is 28.8 Å². The molecule has 0 aromatic carbocycles. The molecule has 1 rings (SSSR count). The van der Waals surface area contributed by atoms with Gasteiger partial charge in [0, 0.05) is 41.5 Å². The second-order valence-electron chi connectivity index (χ2n) is 7.87. The number of carbonyl (C=O) groups excluding carboxylic acids is 7. The molecule has 1 aliphatic rings. The maximum Gasteiger partial charge on any atom is 0.379 e. The second-order valence-corrected chi connectivity index (χ2v) is 7.87. The van der Waals surface area contributed by atoms with Crippen LogP contribution in [-0.2, 0) is 71.5 Å². The zero-order valence-corrected chi connectivity index (χ0v) is 21.4. The van der Waals surface area contributed by atoms with Gasteiger partial charge in [-0.15, -0.1) is 0 Å². The third-order valence-electron chi connectivity index (χ3n) is 4.67. The summed E-state index contributed by atoms with van der Waals surface area (Å²) in [5, 5.41) is 0. The summed E-state index contributed by atoms with van der Waals surface area (Å²) in [5.74, 6) is -9.28. The van der Waals surface area contributed by atoms with Crippen LogP contribution in [0, 0.1) is 0 Å². The fourth-order valence-corrected chi connectivity index (χ4v) is 3.62. The summed E-state index contributed by atoms with van der Waals surface area (Å²) in [6.07, 6.45) is -8.97. The first kappa shape index (κ1) is 31.3. The van der Waals surface area contributed by atoms with E-state index in [-0.39, 0.29) is 0 Å². The van der Waals surface area contributed by atoms with Crippen molar-refractivity contribution in [3.8, 4) is 0 Å². The van der Waals surface area contributed by atoms with E-state index in [2.05, 4.69) is 0 Å². The highest BCUT2D eigenvalue weighted by molar-refractivity contribution is 5.82. The number of rotatable bonds is 10. The van der Waals surface area contributed by atoms with Crippen molar-refractivity contribution in [2.75, 3.05) is 13.7 Å². The molecule has 0 aromatic heterocycles. The Hall–Kier alpha value is -3.75. The average Bonchev–Trinajstić information content (AvgIpc) is 2.74. The predicted molar refractivity (Wildman–Crippen MR) is 115 cm³/mol. The molecule has 0 N–H and O–H groups in total. The van der Waals surface area contributed by atoms with Crippen molar-refractivity contribution in [2.45, 2.75) is 84.3 Å². The average molecular weight is 534 g/mol. The highest BCUT2D eigenvalue weighted by atomic mass is 16.8. The number of methoxy groups -OCH3 is 1. The Kier molecular flexibility index (Phi) is 11.4. The molecule has 6 atom stereocenters. The first-order chi connectivity index (χ1) is 17.1. The molecule has 1 saturated heterocycles. The van der Waals surface area contributed by atoms with E-state index in [1.165, 1.54) is 0 Å². The van der Waals surface area contributed by atoms with E-state index in [0.29, 0.717) is 0 Å². The van der Waals surface area contributed by atoms with Gasteiger partial charge >= 0.3 is 47.6 Å². The number of carbonyl (C=O) groups is 7. The van der Waals surface area contributed by atoms with Crippen LogP contribution in [0.4, 0.5) is 0 Å². The molecule has 6 unspecified atom stereocenters. The van der Waals surface area contributed by atoms with Crippen molar-refractivity contribution < 1.29 is 71.5 Å². The molecule has 15 nitrogen and oxygen atoms in total. The monoisotopic (exact) mass is 534 g/mol. The maximum absolute atomic E-state index is 12.8. The lowest BCUT2D eigenvalue weighted by Crippen LogP contribution is -2.66. The van der Waals surface area contributed by atoms with Gasteiger partial charge < -0.3 is 37.9 Å². The van der Waals surface area contributed by atoms with Crippen LogP contribution in [0.2, 0.25) is 0 Å². The van der Waals surface area contributed by atoms with Crippen LogP contribution < -0.4 is 0 Å². The third kappa shape index (κ3) is 9.33. The van der Waals surface area contributed by atoms with Crippen LogP contribution in [0.5, 0.6) is 0 Å². The van der Waals surface area contributed by atoms with Gasteiger partial charge in [-0.1, -0.05) is 0 Å². The fraction of sp³-hybridized carbons (Fsp3) is 0.682. The highest BCUT2D eigenvalue weighted by Gasteiger charge is 2.61. The SMILES string of the molecule is COC(=O)C1(OC(C)=O)CC(OC(C)=O)C(OC(C)=O)C(C(OC(C)=O)C(COC(C)=O)OC(C)=O)O1. The van der Waals surface area contributed by atoms with Gasteiger partial charge in [0.1, 0.15) is 18.8 Å². The standard InChI is InChI=1S/C22H30O15/c1-10(23)31-9-17(33-12(3)25)19(35-14(5)27)20-18(34-13(4)26)16(32-11(2)24)8-22(37-20,21(29)30-7)36-15(6)28/h16-20H,8-9H2,1-7H3. The first-order valence-electron chi connectivity index (χ1n) is 10.9. The fourth-order valence-electron chi connectivity index (χ4n) is 3.62. The van der Waals surface area contributed by atoms with Gasteiger partial charge in [0.2, 0.25) is 0 Å². The Balaban J connectivity index is 3.83. The largest absolute Gasteiger partial charge is 0.464 e. The van der Waals surface area contributed by atoms with Crippen LogP contribution in [0.15, 0.2) is 0 Å². The van der Waals surface area contributed by atoms with Crippen molar-refractivity contribution in [1.82, 2.24) is 0 Å². The van der Waals surface area contributed by atoms with E-state index in [1.807, 2.05) is 0 Å². The van der Waals surface area contributed by atoms with Gasteiger partial charge in [-0.05, 0) is 0 Å². The highest BCUT2D eigenvalue weighted by Crippen LogP contribution is 2.38. The Morgan fingerprint density at radius 1 is 0.784 bits per heavy atom. The first-order valence-corrected chi connectivity index (χ1v) is 10.9.